The molecule has 0 bridgehead atoms. The van der Waals surface area contributed by atoms with Gasteiger partial charge in [-0.1, -0.05) is 24.3 Å². The van der Waals surface area contributed by atoms with Crippen LogP contribution < -0.4 is 10.9 Å². The molecule has 2 heterocycles. The minimum atomic E-state index is -3.38. The van der Waals surface area contributed by atoms with Crippen LogP contribution in [0.4, 0.5) is 0 Å². The number of carbonyl (C=O) groups excluding carboxylic acids is 1. The van der Waals surface area contributed by atoms with E-state index in [1.807, 2.05) is 24.3 Å². The van der Waals surface area contributed by atoms with Gasteiger partial charge in [0.15, 0.2) is 0 Å². The highest BCUT2D eigenvalue weighted by Crippen LogP contribution is 2.21. The average Bonchev–Trinajstić information content (AvgIpc) is 2.65. The predicted octanol–water partition coefficient (Wildman–Crippen LogP) is 0.883. The maximum Gasteiger partial charge on any atom is 0.260 e. The standard InChI is InChI=1S/C18H21N3O4S/c22-17-16(7-3-9-19-17)18(23)20-10-4-12-26(24,25)21-11-8-14-5-1-2-6-15(14)13-21/h1-3,5-7,9H,4,8,10-13H2,(H,19,22)(H,20,23). The quantitative estimate of drug-likeness (QED) is 0.732. The van der Waals surface area contributed by atoms with E-state index in [1.165, 1.54) is 22.1 Å². The zero-order valence-electron chi connectivity index (χ0n) is 14.3. The van der Waals surface area contributed by atoms with E-state index < -0.39 is 21.5 Å². The largest absolute Gasteiger partial charge is 0.352 e. The van der Waals surface area contributed by atoms with Crippen molar-refractivity contribution < 1.29 is 13.2 Å². The van der Waals surface area contributed by atoms with Crippen molar-refractivity contribution >= 4 is 15.9 Å². The van der Waals surface area contributed by atoms with Crippen molar-refractivity contribution in [3.8, 4) is 0 Å². The maximum absolute atomic E-state index is 12.5. The Morgan fingerprint density at radius 2 is 1.92 bits per heavy atom. The number of pyridine rings is 1. The van der Waals surface area contributed by atoms with Crippen LogP contribution in [0.1, 0.15) is 27.9 Å². The van der Waals surface area contributed by atoms with E-state index in [-0.39, 0.29) is 24.3 Å². The molecule has 1 aromatic carbocycles. The third kappa shape index (κ3) is 4.20. The molecule has 0 saturated carbocycles. The fourth-order valence-corrected chi connectivity index (χ4v) is 4.46. The van der Waals surface area contributed by atoms with Crippen LogP contribution >= 0.6 is 0 Å². The first-order valence-electron chi connectivity index (χ1n) is 8.48. The van der Waals surface area contributed by atoms with Gasteiger partial charge in [-0.3, -0.25) is 9.59 Å². The summed E-state index contributed by atoms with van der Waals surface area (Å²) in [5, 5.41) is 2.59. The second-order valence-electron chi connectivity index (χ2n) is 6.19. The molecule has 7 nitrogen and oxygen atoms in total. The minimum Gasteiger partial charge on any atom is -0.352 e. The molecule has 2 N–H and O–H groups in total. The van der Waals surface area contributed by atoms with Gasteiger partial charge in [0.1, 0.15) is 5.56 Å². The van der Waals surface area contributed by atoms with E-state index >= 15 is 0 Å². The van der Waals surface area contributed by atoms with Gasteiger partial charge < -0.3 is 10.3 Å². The molecule has 1 amide bonds. The summed E-state index contributed by atoms with van der Waals surface area (Å²) in [5.41, 5.74) is 1.78. The number of fused-ring (bicyclic) bond motifs is 1. The van der Waals surface area contributed by atoms with Gasteiger partial charge in [0, 0.05) is 25.8 Å². The Labute approximate surface area is 152 Å². The van der Waals surface area contributed by atoms with Crippen molar-refractivity contribution in [2.75, 3.05) is 18.8 Å². The van der Waals surface area contributed by atoms with Crippen LogP contribution in [0.3, 0.4) is 0 Å². The van der Waals surface area contributed by atoms with Gasteiger partial charge >= 0.3 is 0 Å². The molecule has 2 aromatic rings. The molecule has 0 atom stereocenters. The number of H-pyrrole nitrogens is 1. The maximum atomic E-state index is 12.5. The molecule has 0 radical (unpaired) electrons. The van der Waals surface area contributed by atoms with Crippen molar-refractivity contribution in [1.82, 2.24) is 14.6 Å². The number of sulfonamides is 1. The normalized spacial score (nSPS) is 14.6. The van der Waals surface area contributed by atoms with Crippen LogP contribution in [0.25, 0.3) is 0 Å². The van der Waals surface area contributed by atoms with Crippen molar-refractivity contribution in [3.63, 3.8) is 0 Å². The first kappa shape index (κ1) is 18.3. The lowest BCUT2D eigenvalue weighted by molar-refractivity contribution is 0.0952. The third-order valence-electron chi connectivity index (χ3n) is 4.42. The number of aromatic nitrogens is 1. The minimum absolute atomic E-state index is 0.0167. The summed E-state index contributed by atoms with van der Waals surface area (Å²) in [7, 11) is -3.38. The van der Waals surface area contributed by atoms with Gasteiger partial charge in [-0.15, -0.1) is 0 Å². The number of aromatic amines is 1. The summed E-state index contributed by atoms with van der Waals surface area (Å²) in [6.07, 6.45) is 2.45. The summed E-state index contributed by atoms with van der Waals surface area (Å²) < 4.78 is 26.5. The van der Waals surface area contributed by atoms with Crippen molar-refractivity contribution in [2.45, 2.75) is 19.4 Å². The highest BCUT2D eigenvalue weighted by Gasteiger charge is 2.26. The Bertz CT molecular complexity index is 953. The number of carbonyl (C=O) groups is 1. The van der Waals surface area contributed by atoms with E-state index in [4.69, 9.17) is 0 Å². The summed E-state index contributed by atoms with van der Waals surface area (Å²) in [6, 6.07) is 10.8. The number of hydrogen-bond donors (Lipinski definition) is 2. The van der Waals surface area contributed by atoms with E-state index in [0.717, 1.165) is 5.56 Å². The first-order chi connectivity index (χ1) is 12.5. The summed E-state index contributed by atoms with van der Waals surface area (Å²) in [6.45, 7) is 1.06. The molecule has 0 unspecified atom stereocenters. The van der Waals surface area contributed by atoms with Gasteiger partial charge in [0.05, 0.1) is 5.75 Å². The molecular weight excluding hydrogens is 354 g/mol. The third-order valence-corrected chi connectivity index (χ3v) is 6.32. The van der Waals surface area contributed by atoms with E-state index in [9.17, 15) is 18.0 Å². The van der Waals surface area contributed by atoms with Crippen LogP contribution in [0.15, 0.2) is 47.4 Å². The van der Waals surface area contributed by atoms with Gasteiger partial charge in [-0.2, -0.15) is 4.31 Å². The number of hydrogen-bond acceptors (Lipinski definition) is 4. The number of benzene rings is 1. The zero-order valence-corrected chi connectivity index (χ0v) is 15.1. The molecule has 3 rings (SSSR count). The number of rotatable bonds is 6. The lowest BCUT2D eigenvalue weighted by atomic mass is 10.0. The molecule has 1 aliphatic heterocycles. The predicted molar refractivity (Wildman–Crippen MR) is 98.4 cm³/mol. The van der Waals surface area contributed by atoms with Gasteiger partial charge in [-0.25, -0.2) is 8.42 Å². The Morgan fingerprint density at radius 3 is 2.69 bits per heavy atom. The lowest BCUT2D eigenvalue weighted by Gasteiger charge is -2.28. The van der Waals surface area contributed by atoms with E-state index in [1.54, 1.807) is 6.07 Å². The topological polar surface area (TPSA) is 99.3 Å². The van der Waals surface area contributed by atoms with Crippen LogP contribution in [0.2, 0.25) is 0 Å². The van der Waals surface area contributed by atoms with E-state index in [0.29, 0.717) is 19.5 Å². The molecule has 26 heavy (non-hydrogen) atoms. The molecule has 1 aliphatic rings. The SMILES string of the molecule is O=C(NCCCS(=O)(=O)N1CCc2ccccc2C1)c1ccc[nH]c1=O. The Morgan fingerprint density at radius 1 is 1.15 bits per heavy atom. The molecule has 8 heteroatoms. The van der Waals surface area contributed by atoms with Crippen LogP contribution in [0.5, 0.6) is 0 Å². The molecule has 0 aliphatic carbocycles. The van der Waals surface area contributed by atoms with Gasteiger partial charge in [-0.05, 0) is 36.1 Å². The van der Waals surface area contributed by atoms with Crippen molar-refractivity contribution in [2.24, 2.45) is 0 Å². The molecule has 1 aromatic heterocycles. The second-order valence-corrected chi connectivity index (χ2v) is 8.28. The van der Waals surface area contributed by atoms with Gasteiger partial charge in [0.25, 0.3) is 11.5 Å². The fourth-order valence-electron chi connectivity index (χ4n) is 2.99. The Kier molecular flexibility index (Phi) is 5.53. The van der Waals surface area contributed by atoms with Crippen molar-refractivity contribution in [1.29, 1.82) is 0 Å². The number of nitrogens with zero attached hydrogens (tertiary/aromatic N) is 1. The lowest BCUT2D eigenvalue weighted by Crippen LogP contribution is -2.38. The average molecular weight is 375 g/mol. The second kappa shape index (κ2) is 7.84. The summed E-state index contributed by atoms with van der Waals surface area (Å²) >= 11 is 0. The fraction of sp³-hybridized carbons (Fsp3) is 0.333. The van der Waals surface area contributed by atoms with Crippen LogP contribution in [-0.4, -0.2) is 42.5 Å². The van der Waals surface area contributed by atoms with Crippen LogP contribution in [0, 0.1) is 0 Å². The number of nitrogens with one attached hydrogen (secondary N) is 2. The summed E-state index contributed by atoms with van der Waals surface area (Å²) in [5.74, 6) is -0.545. The Balaban J connectivity index is 1.51. The zero-order chi connectivity index (χ0) is 18.6. The molecular formula is C18H21N3O4S. The van der Waals surface area contributed by atoms with Gasteiger partial charge in [0.2, 0.25) is 10.0 Å². The highest BCUT2D eigenvalue weighted by atomic mass is 32.2. The monoisotopic (exact) mass is 375 g/mol. The summed E-state index contributed by atoms with van der Waals surface area (Å²) in [4.78, 5) is 25.9. The molecule has 0 fully saturated rings. The highest BCUT2D eigenvalue weighted by molar-refractivity contribution is 7.89. The molecule has 138 valence electrons. The molecule has 0 spiro atoms. The molecule has 0 saturated heterocycles. The Hall–Kier alpha value is -2.45. The van der Waals surface area contributed by atoms with E-state index in [2.05, 4.69) is 10.3 Å². The number of amides is 1. The smallest absolute Gasteiger partial charge is 0.260 e. The first-order valence-corrected chi connectivity index (χ1v) is 10.1. The van der Waals surface area contributed by atoms with Crippen molar-refractivity contribution in [3.05, 3.63) is 69.6 Å². The van der Waals surface area contributed by atoms with Crippen LogP contribution in [-0.2, 0) is 23.0 Å².